The third kappa shape index (κ3) is 4.60. The third-order valence-electron chi connectivity index (χ3n) is 7.14. The summed E-state index contributed by atoms with van der Waals surface area (Å²) in [7, 11) is 1.59. The van der Waals surface area contributed by atoms with Gasteiger partial charge < -0.3 is 20.1 Å². The highest BCUT2D eigenvalue weighted by Gasteiger charge is 2.45. The number of amides is 1. The lowest BCUT2D eigenvalue weighted by molar-refractivity contribution is -0.123. The smallest absolute Gasteiger partial charge is 0.220 e. The van der Waals surface area contributed by atoms with Crippen molar-refractivity contribution in [1.29, 1.82) is 0 Å². The molecule has 2 fully saturated rings. The van der Waals surface area contributed by atoms with E-state index in [1.54, 1.807) is 25.4 Å². The van der Waals surface area contributed by atoms with E-state index in [2.05, 4.69) is 39.5 Å². The van der Waals surface area contributed by atoms with Gasteiger partial charge in [-0.05, 0) is 60.3 Å². The molecule has 1 saturated heterocycles. The molecular weight excluding hydrogens is 390 g/mol. The molecule has 0 spiro atoms. The molecule has 3 aliphatic rings. The van der Waals surface area contributed by atoms with Crippen LogP contribution < -0.4 is 10.1 Å². The maximum Gasteiger partial charge on any atom is 0.220 e. The molecule has 164 valence electrons. The Morgan fingerprint density at radius 3 is 2.52 bits per heavy atom. The monoisotopic (exact) mass is 421 g/mol. The number of aromatic nitrogens is 1. The quantitative estimate of drug-likeness (QED) is 0.685. The van der Waals surface area contributed by atoms with E-state index in [4.69, 9.17) is 4.74 Å². The van der Waals surface area contributed by atoms with Crippen molar-refractivity contribution in [2.75, 3.05) is 26.7 Å². The summed E-state index contributed by atoms with van der Waals surface area (Å²) in [4.78, 5) is 19.7. The second-order valence-corrected chi connectivity index (χ2v) is 9.46. The molecule has 1 saturated carbocycles. The Bertz CT molecular complexity index is 897. The summed E-state index contributed by atoms with van der Waals surface area (Å²) in [5, 5.41) is 14.2. The minimum absolute atomic E-state index is 0.0136. The molecule has 2 aliphatic carbocycles. The van der Waals surface area contributed by atoms with Gasteiger partial charge in [0.15, 0.2) is 0 Å². The van der Waals surface area contributed by atoms with Crippen LogP contribution in [-0.4, -0.2) is 53.7 Å². The molecule has 1 amide bonds. The van der Waals surface area contributed by atoms with Crippen LogP contribution in [0, 0.1) is 17.8 Å². The Hall–Kier alpha value is -2.44. The van der Waals surface area contributed by atoms with Crippen LogP contribution in [0.25, 0.3) is 0 Å². The molecular formula is C25H31N3O3. The number of rotatable bonds is 8. The largest absolute Gasteiger partial charge is 0.495 e. The molecule has 1 aromatic heterocycles. The van der Waals surface area contributed by atoms with Gasteiger partial charge >= 0.3 is 0 Å². The lowest BCUT2D eigenvalue weighted by Gasteiger charge is -2.29. The zero-order valence-electron chi connectivity index (χ0n) is 18.0. The summed E-state index contributed by atoms with van der Waals surface area (Å²) < 4.78 is 5.18. The standard InChI is InChI=1S/C25H31N3O3/c1-31-21-6-7-22(26-12-21)25(30)23(15-28-13-19-11-20(19)14-28)27-24(29)10-16-8-17-4-2-3-5-18(17)9-16/h2-7,12,16,19-20,23,25,30H,8-11,13-15H2,1H3,(H,27,29)/t19?,20?,23-,25-/m1/s1. The lowest BCUT2D eigenvalue weighted by Crippen LogP contribution is -2.47. The first-order chi connectivity index (χ1) is 15.1. The molecule has 6 heteroatoms. The van der Waals surface area contributed by atoms with E-state index in [1.165, 1.54) is 17.5 Å². The van der Waals surface area contributed by atoms with E-state index in [1.807, 2.05) is 0 Å². The van der Waals surface area contributed by atoms with Crippen molar-refractivity contribution in [2.24, 2.45) is 17.8 Å². The number of ether oxygens (including phenoxy) is 1. The molecule has 1 aromatic carbocycles. The number of likely N-dealkylation sites (tertiary alicyclic amines) is 1. The van der Waals surface area contributed by atoms with Gasteiger partial charge in [-0.15, -0.1) is 0 Å². The Morgan fingerprint density at radius 2 is 1.90 bits per heavy atom. The molecule has 0 bridgehead atoms. The number of benzene rings is 1. The van der Waals surface area contributed by atoms with Crippen molar-refractivity contribution >= 4 is 5.91 Å². The van der Waals surface area contributed by atoms with Gasteiger partial charge in [0.05, 0.1) is 25.0 Å². The topological polar surface area (TPSA) is 74.7 Å². The van der Waals surface area contributed by atoms with Gasteiger partial charge in [0, 0.05) is 26.1 Å². The average Bonchev–Trinajstić information content (AvgIpc) is 3.19. The molecule has 0 radical (unpaired) electrons. The van der Waals surface area contributed by atoms with Gasteiger partial charge in [-0.1, -0.05) is 24.3 Å². The number of aliphatic hydroxyl groups excluding tert-OH is 1. The number of pyridine rings is 1. The molecule has 6 nitrogen and oxygen atoms in total. The zero-order valence-corrected chi connectivity index (χ0v) is 18.0. The number of methoxy groups -OCH3 is 1. The number of piperidine rings is 1. The number of carbonyl (C=O) groups excluding carboxylic acids is 1. The van der Waals surface area contributed by atoms with Crippen LogP contribution in [0.4, 0.5) is 0 Å². The molecule has 4 atom stereocenters. The van der Waals surface area contributed by atoms with E-state index in [0.29, 0.717) is 30.3 Å². The number of aliphatic hydroxyl groups is 1. The van der Waals surface area contributed by atoms with Crippen LogP contribution in [0.2, 0.25) is 0 Å². The molecule has 5 rings (SSSR count). The van der Waals surface area contributed by atoms with Crippen molar-refractivity contribution < 1.29 is 14.6 Å². The zero-order chi connectivity index (χ0) is 21.4. The Labute approximate surface area is 183 Å². The van der Waals surface area contributed by atoms with E-state index < -0.39 is 6.10 Å². The number of fused-ring (bicyclic) bond motifs is 2. The SMILES string of the molecule is COc1ccc([C@@H](O)[C@@H](CN2CC3CC3C2)NC(=O)CC2Cc3ccccc3C2)nc1. The Kier molecular flexibility index (Phi) is 5.67. The maximum absolute atomic E-state index is 13.0. The lowest BCUT2D eigenvalue weighted by atomic mass is 10.0. The van der Waals surface area contributed by atoms with Crippen molar-refractivity contribution in [2.45, 2.75) is 37.8 Å². The van der Waals surface area contributed by atoms with Gasteiger partial charge in [-0.3, -0.25) is 9.78 Å². The average molecular weight is 422 g/mol. The van der Waals surface area contributed by atoms with Gasteiger partial charge in [0.1, 0.15) is 11.9 Å². The molecule has 2 heterocycles. The predicted octanol–water partition coefficient (Wildman–Crippen LogP) is 2.37. The van der Waals surface area contributed by atoms with Crippen LogP contribution in [0.5, 0.6) is 5.75 Å². The Morgan fingerprint density at radius 1 is 1.19 bits per heavy atom. The van der Waals surface area contributed by atoms with Gasteiger partial charge in [0.2, 0.25) is 5.91 Å². The van der Waals surface area contributed by atoms with Gasteiger partial charge in [-0.25, -0.2) is 0 Å². The van der Waals surface area contributed by atoms with E-state index >= 15 is 0 Å². The van der Waals surface area contributed by atoms with Gasteiger partial charge in [0.25, 0.3) is 0 Å². The normalized spacial score (nSPS) is 24.3. The first-order valence-electron chi connectivity index (χ1n) is 11.4. The number of hydrogen-bond acceptors (Lipinski definition) is 5. The maximum atomic E-state index is 13.0. The second kappa shape index (κ2) is 8.60. The van der Waals surface area contributed by atoms with Crippen LogP contribution in [0.15, 0.2) is 42.6 Å². The fourth-order valence-corrected chi connectivity index (χ4v) is 5.36. The summed E-state index contributed by atoms with van der Waals surface area (Å²) in [5.41, 5.74) is 3.27. The molecule has 2 N–H and O–H groups in total. The van der Waals surface area contributed by atoms with Gasteiger partial charge in [-0.2, -0.15) is 0 Å². The first-order valence-corrected chi connectivity index (χ1v) is 11.4. The number of hydrogen-bond donors (Lipinski definition) is 2. The van der Waals surface area contributed by atoms with Crippen molar-refractivity contribution in [3.63, 3.8) is 0 Å². The van der Waals surface area contributed by atoms with Crippen LogP contribution >= 0.6 is 0 Å². The molecule has 2 unspecified atom stereocenters. The highest BCUT2D eigenvalue weighted by molar-refractivity contribution is 5.77. The van der Waals surface area contributed by atoms with E-state index in [0.717, 1.165) is 37.8 Å². The molecule has 31 heavy (non-hydrogen) atoms. The minimum atomic E-state index is -0.854. The van der Waals surface area contributed by atoms with Crippen molar-refractivity contribution in [1.82, 2.24) is 15.2 Å². The van der Waals surface area contributed by atoms with Crippen LogP contribution in [0.1, 0.15) is 35.8 Å². The van der Waals surface area contributed by atoms with E-state index in [9.17, 15) is 9.90 Å². The molecule has 2 aromatic rings. The summed E-state index contributed by atoms with van der Waals surface area (Å²) in [6.07, 6.45) is 4.47. The van der Waals surface area contributed by atoms with Crippen LogP contribution in [0.3, 0.4) is 0 Å². The summed E-state index contributed by atoms with van der Waals surface area (Å²) in [6.45, 7) is 2.79. The minimum Gasteiger partial charge on any atom is -0.495 e. The van der Waals surface area contributed by atoms with E-state index in [-0.39, 0.29) is 11.9 Å². The fourth-order valence-electron chi connectivity index (χ4n) is 5.36. The van der Waals surface area contributed by atoms with Crippen molar-refractivity contribution in [3.05, 3.63) is 59.4 Å². The van der Waals surface area contributed by atoms with Crippen LogP contribution in [-0.2, 0) is 17.6 Å². The fraction of sp³-hybridized carbons (Fsp3) is 0.520. The second-order valence-electron chi connectivity index (χ2n) is 9.46. The first kappa shape index (κ1) is 20.5. The highest BCUT2D eigenvalue weighted by Crippen LogP contribution is 2.45. The summed E-state index contributed by atoms with van der Waals surface area (Å²) in [5.74, 6) is 2.61. The third-order valence-corrected chi connectivity index (χ3v) is 7.14. The van der Waals surface area contributed by atoms with Crippen molar-refractivity contribution in [3.8, 4) is 5.75 Å². The highest BCUT2D eigenvalue weighted by atomic mass is 16.5. The number of carbonyl (C=O) groups is 1. The number of nitrogens with one attached hydrogen (secondary N) is 1. The predicted molar refractivity (Wildman–Crippen MR) is 118 cm³/mol. The summed E-state index contributed by atoms with van der Waals surface area (Å²) >= 11 is 0. The molecule has 1 aliphatic heterocycles. The number of nitrogens with zero attached hydrogens (tertiary/aromatic N) is 2. The Balaban J connectivity index is 1.24. The summed E-state index contributed by atoms with van der Waals surface area (Å²) in [6, 6.07) is 11.6.